The quantitative estimate of drug-likeness (QED) is 0.391. The number of aromatic nitrogens is 4. The Balaban J connectivity index is 1.63. The van der Waals surface area contributed by atoms with Gasteiger partial charge in [-0.2, -0.15) is 4.98 Å². The molecule has 1 aromatic carbocycles. The van der Waals surface area contributed by atoms with Crippen LogP contribution in [0.5, 0.6) is 0 Å². The van der Waals surface area contributed by atoms with E-state index in [4.69, 9.17) is 16.3 Å². The second-order valence-electron chi connectivity index (χ2n) is 6.01. The van der Waals surface area contributed by atoms with E-state index in [0.29, 0.717) is 22.6 Å². The van der Waals surface area contributed by atoms with Gasteiger partial charge in [-0.3, -0.25) is 4.57 Å². The molecular weight excluding hydrogens is 376 g/mol. The number of nitrogens with zero attached hydrogens (tertiary/aromatic N) is 4. The van der Waals surface area contributed by atoms with E-state index in [2.05, 4.69) is 15.0 Å². The standard InChI is InChI=1S/C17H17ClN4O3S/c18-17-20-15-14(16(21-17)26-8-10-4-2-1-3-5-10)19-9-22(15)13-6-11(24)12(7-23)25-13/h1-5,9,11-13,23-24H,6-8H2/t11?,12-,13-/m1/s1. The minimum atomic E-state index is -0.730. The number of hydrogen-bond acceptors (Lipinski definition) is 7. The van der Waals surface area contributed by atoms with Crippen molar-refractivity contribution in [3.05, 3.63) is 47.5 Å². The van der Waals surface area contributed by atoms with Gasteiger partial charge in [0.1, 0.15) is 22.9 Å². The van der Waals surface area contributed by atoms with Crippen LogP contribution in [0.2, 0.25) is 5.28 Å². The molecule has 136 valence electrons. The molecule has 9 heteroatoms. The van der Waals surface area contributed by atoms with E-state index in [1.54, 1.807) is 10.9 Å². The van der Waals surface area contributed by atoms with E-state index < -0.39 is 18.4 Å². The third-order valence-corrected chi connectivity index (χ3v) is 5.48. The number of imidazole rings is 1. The Bertz CT molecular complexity index is 908. The smallest absolute Gasteiger partial charge is 0.225 e. The molecule has 3 heterocycles. The van der Waals surface area contributed by atoms with Crippen molar-refractivity contribution in [2.24, 2.45) is 0 Å². The molecule has 1 aliphatic rings. The number of benzene rings is 1. The van der Waals surface area contributed by atoms with Crippen molar-refractivity contribution in [3.63, 3.8) is 0 Å². The monoisotopic (exact) mass is 392 g/mol. The Kier molecular flexibility index (Phi) is 5.10. The zero-order chi connectivity index (χ0) is 18.1. The molecule has 0 saturated carbocycles. The van der Waals surface area contributed by atoms with Crippen LogP contribution in [0.4, 0.5) is 0 Å². The number of hydrogen-bond donors (Lipinski definition) is 2. The maximum absolute atomic E-state index is 9.97. The highest BCUT2D eigenvalue weighted by atomic mass is 35.5. The fourth-order valence-corrected chi connectivity index (χ4v) is 4.10. The molecule has 3 aromatic rings. The van der Waals surface area contributed by atoms with Gasteiger partial charge in [-0.1, -0.05) is 42.1 Å². The Labute approximate surface area is 159 Å². The highest BCUT2D eigenvalue weighted by Crippen LogP contribution is 2.33. The third-order valence-electron chi connectivity index (χ3n) is 4.27. The van der Waals surface area contributed by atoms with Crippen LogP contribution in [0.15, 0.2) is 41.7 Å². The van der Waals surface area contributed by atoms with Gasteiger partial charge in [-0.25, -0.2) is 9.97 Å². The summed E-state index contributed by atoms with van der Waals surface area (Å²) in [6.45, 7) is -0.238. The van der Waals surface area contributed by atoms with Gasteiger partial charge >= 0.3 is 0 Å². The van der Waals surface area contributed by atoms with Gasteiger partial charge < -0.3 is 14.9 Å². The predicted molar refractivity (Wildman–Crippen MR) is 98.0 cm³/mol. The second-order valence-corrected chi connectivity index (χ2v) is 7.31. The van der Waals surface area contributed by atoms with E-state index in [0.717, 1.165) is 5.75 Å². The van der Waals surface area contributed by atoms with Gasteiger partial charge in [0.15, 0.2) is 5.65 Å². The number of rotatable bonds is 5. The van der Waals surface area contributed by atoms with E-state index in [1.165, 1.54) is 17.3 Å². The van der Waals surface area contributed by atoms with Gasteiger partial charge in [0, 0.05) is 12.2 Å². The summed E-state index contributed by atoms with van der Waals surface area (Å²) in [5.74, 6) is 0.737. The summed E-state index contributed by atoms with van der Waals surface area (Å²) in [6, 6.07) is 10.1. The summed E-state index contributed by atoms with van der Waals surface area (Å²) in [6.07, 6.45) is 0.169. The van der Waals surface area contributed by atoms with Crippen molar-refractivity contribution >= 4 is 34.5 Å². The second kappa shape index (κ2) is 7.50. The molecule has 4 rings (SSSR count). The molecule has 0 aliphatic carbocycles. The lowest BCUT2D eigenvalue weighted by Crippen LogP contribution is -2.24. The summed E-state index contributed by atoms with van der Waals surface area (Å²) in [5, 5.41) is 20.1. The first-order valence-corrected chi connectivity index (χ1v) is 9.53. The zero-order valence-electron chi connectivity index (χ0n) is 13.7. The summed E-state index contributed by atoms with van der Waals surface area (Å²) in [4.78, 5) is 13.0. The first-order chi connectivity index (χ1) is 12.7. The van der Waals surface area contributed by atoms with Crippen LogP contribution in [-0.4, -0.2) is 48.5 Å². The summed E-state index contributed by atoms with van der Waals surface area (Å²) >= 11 is 7.66. The number of fused-ring (bicyclic) bond motifs is 1. The first-order valence-electron chi connectivity index (χ1n) is 8.17. The average molecular weight is 393 g/mol. The fourth-order valence-electron chi connectivity index (χ4n) is 2.95. The van der Waals surface area contributed by atoms with E-state index in [9.17, 15) is 10.2 Å². The maximum Gasteiger partial charge on any atom is 0.225 e. The number of ether oxygens (including phenoxy) is 1. The van der Waals surface area contributed by atoms with Gasteiger partial charge in [0.05, 0.1) is 19.0 Å². The van der Waals surface area contributed by atoms with E-state index >= 15 is 0 Å². The third kappa shape index (κ3) is 3.43. The molecule has 3 atom stereocenters. The van der Waals surface area contributed by atoms with Crippen LogP contribution in [0, 0.1) is 0 Å². The Morgan fingerprint density at radius 3 is 2.81 bits per heavy atom. The summed E-state index contributed by atoms with van der Waals surface area (Å²) in [7, 11) is 0. The minimum Gasteiger partial charge on any atom is -0.394 e. The predicted octanol–water partition coefficient (Wildman–Crippen LogP) is 2.41. The molecule has 0 amide bonds. The van der Waals surface area contributed by atoms with Crippen LogP contribution >= 0.6 is 23.4 Å². The molecule has 2 N–H and O–H groups in total. The molecule has 0 bridgehead atoms. The molecule has 1 fully saturated rings. The Morgan fingerprint density at radius 2 is 2.08 bits per heavy atom. The summed E-state index contributed by atoms with van der Waals surface area (Å²) < 4.78 is 7.43. The van der Waals surface area contributed by atoms with Crippen molar-refractivity contribution in [3.8, 4) is 0 Å². The first kappa shape index (κ1) is 17.7. The summed E-state index contributed by atoms with van der Waals surface area (Å²) in [5.41, 5.74) is 2.37. The lowest BCUT2D eigenvalue weighted by Gasteiger charge is -2.13. The number of aliphatic hydroxyl groups excluding tert-OH is 2. The fraction of sp³-hybridized carbons (Fsp3) is 0.353. The molecule has 1 unspecified atom stereocenters. The molecule has 2 aromatic heterocycles. The topological polar surface area (TPSA) is 93.3 Å². The minimum absolute atomic E-state index is 0.132. The van der Waals surface area contributed by atoms with Crippen molar-refractivity contribution in [2.75, 3.05) is 6.61 Å². The van der Waals surface area contributed by atoms with Crippen molar-refractivity contribution < 1.29 is 14.9 Å². The van der Waals surface area contributed by atoms with Gasteiger partial charge in [0.25, 0.3) is 0 Å². The molecule has 26 heavy (non-hydrogen) atoms. The lowest BCUT2D eigenvalue weighted by atomic mass is 10.2. The molecular formula is C17H17ClN4O3S. The largest absolute Gasteiger partial charge is 0.394 e. The molecule has 1 aliphatic heterocycles. The maximum atomic E-state index is 9.97. The average Bonchev–Trinajstić information content (AvgIpc) is 3.23. The molecule has 1 saturated heterocycles. The number of thioether (sulfide) groups is 1. The van der Waals surface area contributed by atoms with Crippen molar-refractivity contribution in [1.82, 2.24) is 19.5 Å². The van der Waals surface area contributed by atoms with Crippen LogP contribution in [-0.2, 0) is 10.5 Å². The van der Waals surface area contributed by atoms with Crippen molar-refractivity contribution in [1.29, 1.82) is 0 Å². The highest BCUT2D eigenvalue weighted by molar-refractivity contribution is 7.98. The Morgan fingerprint density at radius 1 is 1.27 bits per heavy atom. The van der Waals surface area contributed by atoms with Gasteiger partial charge in [-0.15, -0.1) is 0 Å². The Hall–Kier alpha value is -1.71. The van der Waals surface area contributed by atoms with Gasteiger partial charge in [0.2, 0.25) is 5.28 Å². The van der Waals surface area contributed by atoms with Crippen LogP contribution in [0.1, 0.15) is 18.2 Å². The molecule has 0 spiro atoms. The van der Waals surface area contributed by atoms with Crippen LogP contribution < -0.4 is 0 Å². The molecule has 7 nitrogen and oxygen atoms in total. The number of halogens is 1. The van der Waals surface area contributed by atoms with Crippen molar-refractivity contribution in [2.45, 2.75) is 35.6 Å². The van der Waals surface area contributed by atoms with Crippen LogP contribution in [0.25, 0.3) is 11.2 Å². The van der Waals surface area contributed by atoms with E-state index in [1.807, 2.05) is 30.3 Å². The van der Waals surface area contributed by atoms with Gasteiger partial charge in [-0.05, 0) is 17.2 Å². The normalized spacial score (nSPS) is 23.0. The SMILES string of the molecule is OC[C@H]1O[C@@H](n2cnc3c(SCc4ccccc4)nc(Cl)nc32)CC1O. The van der Waals surface area contributed by atoms with E-state index in [-0.39, 0.29) is 11.9 Å². The molecule has 0 radical (unpaired) electrons. The number of aliphatic hydroxyl groups is 2. The lowest BCUT2D eigenvalue weighted by molar-refractivity contribution is -0.0432. The zero-order valence-corrected chi connectivity index (χ0v) is 15.3. The van der Waals surface area contributed by atoms with Crippen LogP contribution in [0.3, 0.4) is 0 Å². The highest BCUT2D eigenvalue weighted by Gasteiger charge is 2.35.